The number of piperidine rings is 1. The molecule has 24 heavy (non-hydrogen) atoms. The number of hydrogen-bond acceptors (Lipinski definition) is 4. The summed E-state index contributed by atoms with van der Waals surface area (Å²) >= 11 is 0. The van der Waals surface area contributed by atoms with Gasteiger partial charge in [0.1, 0.15) is 17.8 Å². The average Bonchev–Trinajstić information content (AvgIpc) is 2.57. The van der Waals surface area contributed by atoms with Crippen LogP contribution in [0, 0.1) is 19.8 Å². The van der Waals surface area contributed by atoms with Crippen LogP contribution >= 0.6 is 0 Å². The van der Waals surface area contributed by atoms with Crippen LogP contribution in [0.4, 0.5) is 11.5 Å². The second-order valence-electron chi connectivity index (χ2n) is 6.73. The smallest absolute Gasteiger partial charge is 0.272 e. The van der Waals surface area contributed by atoms with E-state index in [1.807, 2.05) is 11.0 Å². The molecule has 1 fully saturated rings. The van der Waals surface area contributed by atoms with Crippen LogP contribution in [0.5, 0.6) is 0 Å². The van der Waals surface area contributed by atoms with Crippen molar-refractivity contribution >= 4 is 17.4 Å². The van der Waals surface area contributed by atoms with Crippen molar-refractivity contribution in [2.45, 2.75) is 33.6 Å². The molecule has 1 aromatic heterocycles. The Morgan fingerprint density at radius 3 is 2.83 bits per heavy atom. The minimum absolute atomic E-state index is 0.00683. The molecule has 0 radical (unpaired) electrons. The number of hydrogen-bond donors (Lipinski definition) is 1. The summed E-state index contributed by atoms with van der Waals surface area (Å²) in [6.07, 6.45) is 3.70. The summed E-state index contributed by atoms with van der Waals surface area (Å²) in [4.78, 5) is 23.0. The van der Waals surface area contributed by atoms with E-state index >= 15 is 0 Å². The highest BCUT2D eigenvalue weighted by Gasteiger charge is 2.23. The molecule has 1 saturated heterocycles. The van der Waals surface area contributed by atoms with E-state index < -0.39 is 0 Å². The number of amides is 1. The SMILES string of the molecule is Cc1ccc(Nc2cc(C(=O)N3CCCC(C)C3)ncn2)c(C)c1. The Morgan fingerprint density at radius 1 is 1.25 bits per heavy atom. The molecule has 0 bridgehead atoms. The van der Waals surface area contributed by atoms with Crippen molar-refractivity contribution in [3.63, 3.8) is 0 Å². The molecule has 3 rings (SSSR count). The molecule has 1 aliphatic rings. The lowest BCUT2D eigenvalue weighted by Gasteiger charge is -2.30. The van der Waals surface area contributed by atoms with Gasteiger partial charge >= 0.3 is 0 Å². The Balaban J connectivity index is 1.77. The van der Waals surface area contributed by atoms with Crippen molar-refractivity contribution in [2.75, 3.05) is 18.4 Å². The minimum atomic E-state index is -0.00683. The van der Waals surface area contributed by atoms with Crippen LogP contribution in [0.2, 0.25) is 0 Å². The number of aryl methyl sites for hydroxylation is 2. The fourth-order valence-corrected chi connectivity index (χ4v) is 3.17. The van der Waals surface area contributed by atoms with E-state index in [2.05, 4.69) is 48.2 Å². The zero-order chi connectivity index (χ0) is 17.1. The van der Waals surface area contributed by atoms with Crippen LogP contribution in [0.25, 0.3) is 0 Å². The predicted octanol–water partition coefficient (Wildman–Crippen LogP) is 3.71. The first-order valence-corrected chi connectivity index (χ1v) is 8.48. The molecule has 1 amide bonds. The maximum Gasteiger partial charge on any atom is 0.272 e. The summed E-state index contributed by atoms with van der Waals surface area (Å²) in [5, 5.41) is 3.28. The van der Waals surface area contributed by atoms with E-state index in [0.717, 1.165) is 30.8 Å². The molecular weight excluding hydrogens is 300 g/mol. The second kappa shape index (κ2) is 6.99. The highest BCUT2D eigenvalue weighted by Crippen LogP contribution is 2.21. The van der Waals surface area contributed by atoms with Crippen LogP contribution in [0.15, 0.2) is 30.6 Å². The Labute approximate surface area is 143 Å². The Morgan fingerprint density at radius 2 is 2.08 bits per heavy atom. The molecule has 0 spiro atoms. The molecular formula is C19H24N4O. The first-order valence-electron chi connectivity index (χ1n) is 8.48. The quantitative estimate of drug-likeness (QED) is 0.935. The van der Waals surface area contributed by atoms with Gasteiger partial charge in [0.05, 0.1) is 0 Å². The Kier molecular flexibility index (Phi) is 4.79. The van der Waals surface area contributed by atoms with E-state index in [4.69, 9.17) is 0 Å². The Bertz CT molecular complexity index is 744. The van der Waals surface area contributed by atoms with Gasteiger partial charge < -0.3 is 10.2 Å². The highest BCUT2D eigenvalue weighted by molar-refractivity contribution is 5.93. The van der Waals surface area contributed by atoms with Crippen LogP contribution in [-0.4, -0.2) is 33.9 Å². The maximum absolute atomic E-state index is 12.7. The van der Waals surface area contributed by atoms with Gasteiger partial charge in [-0.3, -0.25) is 4.79 Å². The zero-order valence-electron chi connectivity index (χ0n) is 14.5. The summed E-state index contributed by atoms with van der Waals surface area (Å²) in [6, 6.07) is 7.93. The van der Waals surface area contributed by atoms with Crippen molar-refractivity contribution < 1.29 is 4.79 Å². The number of rotatable bonds is 3. The normalized spacial score (nSPS) is 17.6. The number of anilines is 2. The van der Waals surface area contributed by atoms with Crippen molar-refractivity contribution in [1.82, 2.24) is 14.9 Å². The van der Waals surface area contributed by atoms with Crippen LogP contribution in [-0.2, 0) is 0 Å². The topological polar surface area (TPSA) is 58.1 Å². The van der Waals surface area contributed by atoms with Gasteiger partial charge in [-0.25, -0.2) is 9.97 Å². The fraction of sp³-hybridized carbons (Fsp3) is 0.421. The highest BCUT2D eigenvalue weighted by atomic mass is 16.2. The average molecular weight is 324 g/mol. The van der Waals surface area contributed by atoms with Crippen molar-refractivity contribution in [3.05, 3.63) is 47.4 Å². The van der Waals surface area contributed by atoms with Gasteiger partial charge in [-0.05, 0) is 44.2 Å². The minimum Gasteiger partial charge on any atom is -0.340 e. The lowest BCUT2D eigenvalue weighted by atomic mass is 10.00. The first-order chi connectivity index (χ1) is 11.5. The molecule has 0 saturated carbocycles. The molecule has 5 heteroatoms. The first kappa shape index (κ1) is 16.4. The van der Waals surface area contributed by atoms with Gasteiger partial charge in [-0.15, -0.1) is 0 Å². The van der Waals surface area contributed by atoms with Crippen molar-refractivity contribution in [2.24, 2.45) is 5.92 Å². The van der Waals surface area contributed by atoms with Gasteiger partial charge in [-0.1, -0.05) is 24.6 Å². The molecule has 126 valence electrons. The lowest BCUT2D eigenvalue weighted by Crippen LogP contribution is -2.39. The van der Waals surface area contributed by atoms with Gasteiger partial charge in [0, 0.05) is 24.8 Å². The molecule has 2 aromatic rings. The standard InChI is InChI=1S/C19H24N4O/c1-13-6-7-16(15(3)9-13)22-18-10-17(20-12-21-18)19(24)23-8-4-5-14(2)11-23/h6-7,9-10,12,14H,4-5,8,11H2,1-3H3,(H,20,21,22). The number of nitrogens with one attached hydrogen (secondary N) is 1. The number of carbonyl (C=O) groups is 1. The number of carbonyl (C=O) groups excluding carboxylic acids is 1. The van der Waals surface area contributed by atoms with E-state index in [1.54, 1.807) is 6.07 Å². The molecule has 1 unspecified atom stereocenters. The molecule has 1 atom stereocenters. The molecule has 5 nitrogen and oxygen atoms in total. The van der Waals surface area contributed by atoms with Crippen LogP contribution in [0.1, 0.15) is 41.4 Å². The zero-order valence-corrected chi connectivity index (χ0v) is 14.5. The van der Waals surface area contributed by atoms with E-state index in [-0.39, 0.29) is 5.91 Å². The fourth-order valence-electron chi connectivity index (χ4n) is 3.17. The number of nitrogens with zero attached hydrogens (tertiary/aromatic N) is 3. The van der Waals surface area contributed by atoms with Crippen molar-refractivity contribution in [3.8, 4) is 0 Å². The van der Waals surface area contributed by atoms with Crippen LogP contribution in [0.3, 0.4) is 0 Å². The molecule has 1 aromatic carbocycles. The van der Waals surface area contributed by atoms with Gasteiger partial charge in [-0.2, -0.15) is 0 Å². The summed E-state index contributed by atoms with van der Waals surface area (Å²) in [6.45, 7) is 7.93. The maximum atomic E-state index is 12.7. The third-order valence-corrected chi connectivity index (χ3v) is 4.48. The van der Waals surface area contributed by atoms with Gasteiger partial charge in [0.15, 0.2) is 0 Å². The summed E-state index contributed by atoms with van der Waals surface area (Å²) in [5.41, 5.74) is 3.80. The van der Waals surface area contributed by atoms with E-state index in [1.165, 1.54) is 18.3 Å². The van der Waals surface area contributed by atoms with E-state index in [9.17, 15) is 4.79 Å². The number of likely N-dealkylation sites (tertiary alicyclic amines) is 1. The summed E-state index contributed by atoms with van der Waals surface area (Å²) < 4.78 is 0. The second-order valence-corrected chi connectivity index (χ2v) is 6.73. The summed E-state index contributed by atoms with van der Waals surface area (Å²) in [7, 11) is 0. The molecule has 2 heterocycles. The largest absolute Gasteiger partial charge is 0.340 e. The monoisotopic (exact) mass is 324 g/mol. The number of benzene rings is 1. The summed E-state index contributed by atoms with van der Waals surface area (Å²) in [5.74, 6) is 1.19. The third-order valence-electron chi connectivity index (χ3n) is 4.48. The Hall–Kier alpha value is -2.43. The third kappa shape index (κ3) is 3.72. The van der Waals surface area contributed by atoms with Crippen LogP contribution < -0.4 is 5.32 Å². The number of aromatic nitrogens is 2. The predicted molar refractivity (Wildman–Crippen MR) is 95.5 cm³/mol. The van der Waals surface area contributed by atoms with Crippen molar-refractivity contribution in [1.29, 1.82) is 0 Å². The lowest BCUT2D eigenvalue weighted by molar-refractivity contribution is 0.0677. The molecule has 1 N–H and O–H groups in total. The van der Waals surface area contributed by atoms with Gasteiger partial charge in [0.25, 0.3) is 5.91 Å². The molecule has 0 aliphatic carbocycles. The molecule has 1 aliphatic heterocycles. The van der Waals surface area contributed by atoms with E-state index in [0.29, 0.717) is 17.4 Å². The van der Waals surface area contributed by atoms with Gasteiger partial charge in [0.2, 0.25) is 0 Å².